The van der Waals surface area contributed by atoms with E-state index < -0.39 is 31.3 Å². The molecule has 1 aliphatic heterocycles. The molecule has 1 amide bonds. The first-order chi connectivity index (χ1) is 16.6. The van der Waals surface area contributed by atoms with E-state index in [0.717, 1.165) is 32.2 Å². The van der Waals surface area contributed by atoms with E-state index in [9.17, 15) is 21.6 Å². The predicted molar refractivity (Wildman–Crippen MR) is 140 cm³/mol. The Bertz CT molecular complexity index is 1370. The van der Waals surface area contributed by atoms with E-state index in [-0.39, 0.29) is 10.6 Å². The number of carbonyl (C=O) groups is 1. The Kier molecular flexibility index (Phi) is 6.95. The lowest BCUT2D eigenvalue weighted by Gasteiger charge is -2.34. The predicted octanol–water partition coefficient (Wildman–Crippen LogP) is 3.34. The molecule has 2 fully saturated rings. The van der Waals surface area contributed by atoms with Gasteiger partial charge in [0.15, 0.2) is 9.84 Å². The maximum absolute atomic E-state index is 13.3. The number of nitrogens with one attached hydrogen (secondary N) is 2. The molecular formula is C25H34N4O5S2. The van der Waals surface area contributed by atoms with Crippen molar-refractivity contribution in [1.82, 2.24) is 9.71 Å². The molecule has 1 aromatic carbocycles. The molecule has 0 unspecified atom stereocenters. The Morgan fingerprint density at radius 2 is 1.69 bits per heavy atom. The highest BCUT2D eigenvalue weighted by atomic mass is 32.2. The molecule has 2 heterocycles. The van der Waals surface area contributed by atoms with Crippen LogP contribution in [0.5, 0.6) is 0 Å². The number of anilines is 2. The Hall–Kier alpha value is -2.50. The van der Waals surface area contributed by atoms with Gasteiger partial charge in [-0.2, -0.15) is 0 Å². The van der Waals surface area contributed by atoms with Crippen LogP contribution in [0.3, 0.4) is 0 Å². The van der Waals surface area contributed by atoms with Gasteiger partial charge in [0.1, 0.15) is 5.82 Å². The summed E-state index contributed by atoms with van der Waals surface area (Å²) < 4.78 is 51.8. The van der Waals surface area contributed by atoms with Gasteiger partial charge in [-0.25, -0.2) is 26.5 Å². The number of piperidine rings is 1. The second-order valence-corrected chi connectivity index (χ2v) is 14.9. The molecule has 11 heteroatoms. The van der Waals surface area contributed by atoms with Crippen molar-refractivity contribution in [3.8, 4) is 0 Å². The van der Waals surface area contributed by atoms with E-state index in [2.05, 4.69) is 19.9 Å². The topological polar surface area (TPSA) is 126 Å². The number of benzene rings is 1. The van der Waals surface area contributed by atoms with Gasteiger partial charge in [0.05, 0.1) is 21.9 Å². The summed E-state index contributed by atoms with van der Waals surface area (Å²) in [4.78, 5) is 20.0. The highest BCUT2D eigenvalue weighted by molar-refractivity contribution is 7.90. The van der Waals surface area contributed by atoms with E-state index in [4.69, 9.17) is 0 Å². The lowest BCUT2D eigenvalue weighted by Crippen LogP contribution is -2.40. The van der Waals surface area contributed by atoms with Crippen molar-refractivity contribution in [3.05, 3.63) is 47.7 Å². The number of aromatic nitrogens is 1. The van der Waals surface area contributed by atoms with Crippen molar-refractivity contribution in [2.45, 2.75) is 62.6 Å². The summed E-state index contributed by atoms with van der Waals surface area (Å²) in [6.45, 7) is 6.76. The summed E-state index contributed by atoms with van der Waals surface area (Å²) in [7, 11) is -7.06. The van der Waals surface area contributed by atoms with Gasteiger partial charge in [-0.1, -0.05) is 6.07 Å². The van der Waals surface area contributed by atoms with E-state index in [1.165, 1.54) is 25.0 Å². The molecule has 2 aromatic rings. The third-order valence-corrected chi connectivity index (χ3v) is 9.09. The van der Waals surface area contributed by atoms with Crippen molar-refractivity contribution in [3.63, 3.8) is 0 Å². The van der Waals surface area contributed by atoms with Gasteiger partial charge in [0, 0.05) is 30.6 Å². The number of hydrogen-bond donors (Lipinski definition) is 2. The number of rotatable bonds is 7. The van der Waals surface area contributed by atoms with Crippen LogP contribution < -0.4 is 14.9 Å². The van der Waals surface area contributed by atoms with Gasteiger partial charge < -0.3 is 10.2 Å². The quantitative estimate of drug-likeness (QED) is 0.558. The molecule has 1 spiro atoms. The molecule has 0 atom stereocenters. The van der Waals surface area contributed by atoms with E-state index >= 15 is 0 Å². The molecule has 9 nitrogen and oxygen atoms in total. The fourth-order valence-electron chi connectivity index (χ4n) is 4.53. The second-order valence-electron chi connectivity index (χ2n) is 11.1. The maximum Gasteiger partial charge on any atom is 0.259 e. The molecule has 0 bridgehead atoms. The number of sulfonamides is 1. The summed E-state index contributed by atoms with van der Waals surface area (Å²) in [5.41, 5.74) is 0.812. The molecule has 4 rings (SSSR count). The SMILES string of the molecule is CC(C)(C)NS(=O)(=O)c1cccc(NC(=O)c2ccc(CS(C)(=O)=O)nc2N2CCC3(CC2)CC3)c1. The van der Waals surface area contributed by atoms with Gasteiger partial charge in [-0.05, 0) is 82.2 Å². The van der Waals surface area contributed by atoms with E-state index in [1.807, 2.05) is 0 Å². The van der Waals surface area contributed by atoms with E-state index in [1.54, 1.807) is 45.0 Å². The van der Waals surface area contributed by atoms with Crippen LogP contribution in [-0.2, 0) is 25.6 Å². The first-order valence-corrected chi connectivity index (χ1v) is 15.6. The van der Waals surface area contributed by atoms with Crippen molar-refractivity contribution >= 4 is 37.3 Å². The number of hydrogen-bond acceptors (Lipinski definition) is 7. The zero-order valence-electron chi connectivity index (χ0n) is 21.2. The molecule has 196 valence electrons. The minimum absolute atomic E-state index is 0.0443. The Balaban J connectivity index is 1.61. The van der Waals surface area contributed by atoms with Crippen LogP contribution in [0, 0.1) is 5.41 Å². The Labute approximate surface area is 213 Å². The van der Waals surface area contributed by atoms with Crippen molar-refractivity contribution < 1.29 is 21.6 Å². The minimum atomic E-state index is -3.77. The lowest BCUT2D eigenvalue weighted by atomic mass is 9.93. The fourth-order valence-corrected chi connectivity index (χ4v) is 6.69. The number of sulfone groups is 1. The summed E-state index contributed by atoms with van der Waals surface area (Å²) in [6.07, 6.45) is 5.67. The fraction of sp³-hybridized carbons (Fsp3) is 0.520. The lowest BCUT2D eigenvalue weighted by molar-refractivity contribution is 0.102. The van der Waals surface area contributed by atoms with Crippen molar-refractivity contribution in [2.75, 3.05) is 29.6 Å². The number of nitrogens with zero attached hydrogens (tertiary/aromatic N) is 2. The standard InChI is InChI=1S/C25H34N4O5S2/c1-24(2,3)28-36(33,34)20-7-5-6-18(16-20)27-23(30)21-9-8-19(17-35(4,31)32)26-22(21)29-14-12-25(10-11-25)13-15-29/h5-9,16,28H,10-15,17H2,1-4H3,(H,27,30). The normalized spacial score (nSPS) is 17.7. The maximum atomic E-state index is 13.3. The number of carbonyl (C=O) groups excluding carboxylic acids is 1. The first-order valence-electron chi connectivity index (χ1n) is 12.0. The van der Waals surface area contributed by atoms with Gasteiger partial charge in [-0.3, -0.25) is 4.79 Å². The summed E-state index contributed by atoms with van der Waals surface area (Å²) in [6, 6.07) is 9.23. The van der Waals surface area contributed by atoms with Crippen LogP contribution in [0.4, 0.5) is 11.5 Å². The number of amides is 1. The van der Waals surface area contributed by atoms with Crippen molar-refractivity contribution in [2.24, 2.45) is 5.41 Å². The molecule has 1 saturated carbocycles. The third-order valence-electron chi connectivity index (χ3n) is 6.51. The zero-order chi connectivity index (χ0) is 26.4. The van der Waals surface area contributed by atoms with E-state index in [0.29, 0.717) is 28.2 Å². The van der Waals surface area contributed by atoms with Crippen molar-refractivity contribution in [1.29, 1.82) is 0 Å². The Morgan fingerprint density at radius 3 is 2.28 bits per heavy atom. The molecule has 2 aliphatic rings. The highest BCUT2D eigenvalue weighted by Gasteiger charge is 2.45. The summed E-state index contributed by atoms with van der Waals surface area (Å²) in [5.74, 6) is -0.184. The Morgan fingerprint density at radius 1 is 1.03 bits per heavy atom. The zero-order valence-corrected chi connectivity index (χ0v) is 22.8. The van der Waals surface area contributed by atoms with Crippen LogP contribution in [0.2, 0.25) is 0 Å². The average Bonchev–Trinajstić information content (AvgIpc) is 3.50. The molecule has 1 aromatic heterocycles. The highest BCUT2D eigenvalue weighted by Crippen LogP contribution is 2.54. The molecular weight excluding hydrogens is 500 g/mol. The van der Waals surface area contributed by atoms with Crippen LogP contribution in [0.1, 0.15) is 62.5 Å². The largest absolute Gasteiger partial charge is 0.356 e. The van der Waals surface area contributed by atoms with Gasteiger partial charge in [0.2, 0.25) is 10.0 Å². The molecule has 1 saturated heterocycles. The average molecular weight is 535 g/mol. The summed E-state index contributed by atoms with van der Waals surface area (Å²) in [5, 5.41) is 2.79. The smallest absolute Gasteiger partial charge is 0.259 e. The van der Waals surface area contributed by atoms with Gasteiger partial charge >= 0.3 is 0 Å². The molecule has 36 heavy (non-hydrogen) atoms. The van der Waals surface area contributed by atoms with Gasteiger partial charge in [0.25, 0.3) is 5.91 Å². The molecule has 2 N–H and O–H groups in total. The van der Waals surface area contributed by atoms with Crippen LogP contribution in [0.25, 0.3) is 0 Å². The number of pyridine rings is 1. The monoisotopic (exact) mass is 534 g/mol. The molecule has 1 aliphatic carbocycles. The van der Waals surface area contributed by atoms with Gasteiger partial charge in [-0.15, -0.1) is 0 Å². The minimum Gasteiger partial charge on any atom is -0.356 e. The third kappa shape index (κ3) is 6.63. The summed E-state index contributed by atoms with van der Waals surface area (Å²) >= 11 is 0. The van der Waals surface area contributed by atoms with Crippen LogP contribution in [-0.4, -0.2) is 52.6 Å². The molecule has 0 radical (unpaired) electrons. The van der Waals surface area contributed by atoms with Crippen LogP contribution in [0.15, 0.2) is 41.3 Å². The first kappa shape index (κ1) is 26.6. The van der Waals surface area contributed by atoms with Crippen LogP contribution >= 0.6 is 0 Å². The second kappa shape index (κ2) is 9.42.